The molecule has 0 saturated carbocycles. The molecule has 1 aromatic heterocycles. The second-order valence-corrected chi connectivity index (χ2v) is 5.35. The first-order valence-corrected chi connectivity index (χ1v) is 6.19. The molecule has 0 bridgehead atoms. The van der Waals surface area contributed by atoms with E-state index in [4.69, 9.17) is 5.73 Å². The van der Waals surface area contributed by atoms with E-state index in [9.17, 15) is 0 Å². The van der Waals surface area contributed by atoms with Crippen LogP contribution >= 0.6 is 0 Å². The molecule has 0 saturated heterocycles. The third-order valence-electron chi connectivity index (χ3n) is 2.58. The lowest BCUT2D eigenvalue weighted by molar-refractivity contribution is 0.627. The van der Waals surface area contributed by atoms with Crippen LogP contribution in [-0.2, 0) is 19.4 Å². The van der Waals surface area contributed by atoms with Crippen molar-refractivity contribution in [2.75, 3.05) is 0 Å². The SMILES string of the molecule is CC(C)Cc1cnc(CN)c(CC(C)C)c1. The number of hydrogen-bond acceptors (Lipinski definition) is 2. The molecule has 2 heteroatoms. The van der Waals surface area contributed by atoms with Crippen LogP contribution in [0.25, 0.3) is 0 Å². The Hall–Kier alpha value is -0.890. The number of aromatic nitrogens is 1. The van der Waals surface area contributed by atoms with Gasteiger partial charge >= 0.3 is 0 Å². The second kappa shape index (κ2) is 6.00. The molecule has 0 amide bonds. The predicted molar refractivity (Wildman–Crippen MR) is 69.2 cm³/mol. The van der Waals surface area contributed by atoms with E-state index in [0.717, 1.165) is 18.5 Å². The van der Waals surface area contributed by atoms with Gasteiger partial charge in [-0.2, -0.15) is 0 Å². The molecule has 1 heterocycles. The van der Waals surface area contributed by atoms with Gasteiger partial charge in [-0.3, -0.25) is 4.98 Å². The van der Waals surface area contributed by atoms with Gasteiger partial charge in [0.1, 0.15) is 0 Å². The van der Waals surface area contributed by atoms with Gasteiger partial charge in [-0.25, -0.2) is 0 Å². The zero-order valence-electron chi connectivity index (χ0n) is 11.0. The first-order chi connectivity index (χ1) is 7.52. The molecule has 0 atom stereocenters. The molecule has 0 radical (unpaired) electrons. The lowest BCUT2D eigenvalue weighted by Crippen LogP contribution is -2.08. The number of nitrogens with two attached hydrogens (primary N) is 1. The van der Waals surface area contributed by atoms with Crippen molar-refractivity contribution < 1.29 is 0 Å². The fourth-order valence-corrected chi connectivity index (χ4v) is 1.97. The van der Waals surface area contributed by atoms with Gasteiger partial charge in [-0.1, -0.05) is 33.8 Å². The Bertz CT molecular complexity index is 330. The quantitative estimate of drug-likeness (QED) is 0.828. The van der Waals surface area contributed by atoms with E-state index < -0.39 is 0 Å². The van der Waals surface area contributed by atoms with Crippen LogP contribution in [0.4, 0.5) is 0 Å². The van der Waals surface area contributed by atoms with Crippen molar-refractivity contribution in [1.82, 2.24) is 4.98 Å². The van der Waals surface area contributed by atoms with E-state index in [1.54, 1.807) is 0 Å². The first-order valence-electron chi connectivity index (χ1n) is 6.19. The van der Waals surface area contributed by atoms with Crippen LogP contribution in [0.1, 0.15) is 44.5 Å². The van der Waals surface area contributed by atoms with E-state index in [0.29, 0.717) is 18.4 Å². The van der Waals surface area contributed by atoms with Crippen molar-refractivity contribution in [3.63, 3.8) is 0 Å². The van der Waals surface area contributed by atoms with Crippen LogP contribution in [0.2, 0.25) is 0 Å². The molecule has 0 unspecified atom stereocenters. The molecular weight excluding hydrogens is 196 g/mol. The average Bonchev–Trinajstić information content (AvgIpc) is 2.16. The third kappa shape index (κ3) is 3.93. The Balaban J connectivity index is 2.91. The van der Waals surface area contributed by atoms with Crippen molar-refractivity contribution in [2.45, 2.75) is 47.1 Å². The Kier molecular flexibility index (Phi) is 4.94. The minimum atomic E-state index is 0.546. The highest BCUT2D eigenvalue weighted by atomic mass is 14.7. The summed E-state index contributed by atoms with van der Waals surface area (Å²) in [5, 5.41) is 0. The summed E-state index contributed by atoms with van der Waals surface area (Å²) in [6, 6.07) is 2.29. The fraction of sp³-hybridized carbons (Fsp3) is 0.643. The van der Waals surface area contributed by atoms with Crippen molar-refractivity contribution in [2.24, 2.45) is 17.6 Å². The molecule has 0 aliphatic carbocycles. The second-order valence-electron chi connectivity index (χ2n) is 5.35. The van der Waals surface area contributed by atoms with Gasteiger partial charge in [0, 0.05) is 12.7 Å². The minimum Gasteiger partial charge on any atom is -0.325 e. The number of nitrogens with zero attached hydrogens (tertiary/aromatic N) is 1. The average molecular weight is 220 g/mol. The van der Waals surface area contributed by atoms with Crippen LogP contribution in [-0.4, -0.2) is 4.98 Å². The highest BCUT2D eigenvalue weighted by Gasteiger charge is 2.07. The Labute approximate surface area is 99.3 Å². The lowest BCUT2D eigenvalue weighted by Gasteiger charge is -2.12. The number of hydrogen-bond donors (Lipinski definition) is 1. The van der Waals surface area contributed by atoms with Crippen molar-refractivity contribution >= 4 is 0 Å². The summed E-state index contributed by atoms with van der Waals surface area (Å²) < 4.78 is 0. The minimum absolute atomic E-state index is 0.546. The molecular formula is C14H24N2. The largest absolute Gasteiger partial charge is 0.325 e. The van der Waals surface area contributed by atoms with Gasteiger partial charge in [0.15, 0.2) is 0 Å². The highest BCUT2D eigenvalue weighted by molar-refractivity contribution is 5.26. The van der Waals surface area contributed by atoms with Crippen molar-refractivity contribution in [3.05, 3.63) is 29.1 Å². The predicted octanol–water partition coefficient (Wildman–Crippen LogP) is 2.94. The number of rotatable bonds is 5. The summed E-state index contributed by atoms with van der Waals surface area (Å²) in [6.07, 6.45) is 4.15. The third-order valence-corrected chi connectivity index (χ3v) is 2.58. The zero-order valence-corrected chi connectivity index (χ0v) is 11.0. The van der Waals surface area contributed by atoms with Crippen LogP contribution in [0.15, 0.2) is 12.3 Å². The molecule has 0 aliphatic heterocycles. The summed E-state index contributed by atoms with van der Waals surface area (Å²) in [6.45, 7) is 9.48. The van der Waals surface area contributed by atoms with Crippen molar-refractivity contribution in [1.29, 1.82) is 0 Å². The molecule has 2 N–H and O–H groups in total. The van der Waals surface area contributed by atoms with E-state index in [1.165, 1.54) is 11.1 Å². The summed E-state index contributed by atoms with van der Waals surface area (Å²) in [5.41, 5.74) is 9.44. The Morgan fingerprint density at radius 1 is 1.12 bits per heavy atom. The van der Waals surface area contributed by atoms with Gasteiger partial charge in [0.2, 0.25) is 0 Å². The smallest absolute Gasteiger partial charge is 0.0571 e. The molecule has 2 nitrogen and oxygen atoms in total. The van der Waals surface area contributed by atoms with E-state index in [1.807, 2.05) is 6.20 Å². The molecule has 0 aromatic carbocycles. The van der Waals surface area contributed by atoms with Crippen LogP contribution in [0.3, 0.4) is 0 Å². The molecule has 16 heavy (non-hydrogen) atoms. The summed E-state index contributed by atoms with van der Waals surface area (Å²) in [4.78, 5) is 4.48. The zero-order chi connectivity index (χ0) is 12.1. The highest BCUT2D eigenvalue weighted by Crippen LogP contribution is 2.16. The van der Waals surface area contributed by atoms with E-state index in [2.05, 4.69) is 38.7 Å². The van der Waals surface area contributed by atoms with Crippen LogP contribution in [0, 0.1) is 11.8 Å². The van der Waals surface area contributed by atoms with Gasteiger partial charge in [0.05, 0.1) is 5.69 Å². The summed E-state index contributed by atoms with van der Waals surface area (Å²) in [7, 11) is 0. The lowest BCUT2D eigenvalue weighted by atomic mass is 9.97. The summed E-state index contributed by atoms with van der Waals surface area (Å²) >= 11 is 0. The fourth-order valence-electron chi connectivity index (χ4n) is 1.97. The maximum absolute atomic E-state index is 5.72. The van der Waals surface area contributed by atoms with Gasteiger partial charge < -0.3 is 5.73 Å². The summed E-state index contributed by atoms with van der Waals surface area (Å²) in [5.74, 6) is 1.33. The molecule has 1 rings (SSSR count). The van der Waals surface area contributed by atoms with Crippen molar-refractivity contribution in [3.8, 4) is 0 Å². The molecule has 0 aliphatic rings. The topological polar surface area (TPSA) is 38.9 Å². The van der Waals surface area contributed by atoms with Crippen LogP contribution < -0.4 is 5.73 Å². The maximum Gasteiger partial charge on any atom is 0.0571 e. The normalized spacial score (nSPS) is 11.4. The Morgan fingerprint density at radius 3 is 2.25 bits per heavy atom. The van der Waals surface area contributed by atoms with Gasteiger partial charge in [-0.05, 0) is 35.8 Å². The van der Waals surface area contributed by atoms with Gasteiger partial charge in [-0.15, -0.1) is 0 Å². The van der Waals surface area contributed by atoms with E-state index >= 15 is 0 Å². The monoisotopic (exact) mass is 220 g/mol. The molecule has 0 fully saturated rings. The Morgan fingerprint density at radius 2 is 1.75 bits per heavy atom. The first kappa shape index (κ1) is 13.2. The number of pyridine rings is 1. The standard InChI is InChI=1S/C14H24N2/c1-10(2)5-12-7-13(6-11(3)4)14(8-15)16-9-12/h7,9-11H,5-6,8,15H2,1-4H3. The molecule has 1 aromatic rings. The van der Waals surface area contributed by atoms with Crippen LogP contribution in [0.5, 0.6) is 0 Å². The molecule has 90 valence electrons. The van der Waals surface area contributed by atoms with Gasteiger partial charge in [0.25, 0.3) is 0 Å². The van der Waals surface area contributed by atoms with E-state index in [-0.39, 0.29) is 0 Å². The molecule has 0 spiro atoms. The maximum atomic E-state index is 5.72.